The summed E-state index contributed by atoms with van der Waals surface area (Å²) >= 11 is 6.02. The molecule has 184 valence electrons. The Labute approximate surface area is 203 Å². The van der Waals surface area contributed by atoms with Crippen LogP contribution in [-0.2, 0) is 11.3 Å². The third-order valence-corrected chi connectivity index (χ3v) is 5.77. The Kier molecular flexibility index (Phi) is 7.13. The molecule has 0 aliphatic carbocycles. The highest BCUT2D eigenvalue weighted by molar-refractivity contribution is 6.30. The monoisotopic (exact) mass is 506 g/mol. The maximum atomic E-state index is 13.3. The van der Waals surface area contributed by atoms with Crippen LogP contribution in [0.15, 0.2) is 54.9 Å². The van der Waals surface area contributed by atoms with Gasteiger partial charge >= 0.3 is 12.1 Å². The Hall–Kier alpha value is -3.37. The van der Waals surface area contributed by atoms with Crippen LogP contribution in [0.1, 0.15) is 40.9 Å². The number of alkyl halides is 3. The molecule has 1 atom stereocenters. The van der Waals surface area contributed by atoms with Gasteiger partial charge in [0.1, 0.15) is 5.92 Å². The Morgan fingerprint density at radius 3 is 2.60 bits per heavy atom. The van der Waals surface area contributed by atoms with Crippen molar-refractivity contribution in [2.45, 2.75) is 32.0 Å². The van der Waals surface area contributed by atoms with Crippen LogP contribution in [0.4, 0.5) is 13.2 Å². The summed E-state index contributed by atoms with van der Waals surface area (Å²) in [7, 11) is 0. The highest BCUT2D eigenvalue weighted by Gasteiger charge is 2.42. The Balaban J connectivity index is 1.68. The van der Waals surface area contributed by atoms with Crippen LogP contribution in [0.5, 0.6) is 0 Å². The van der Waals surface area contributed by atoms with Gasteiger partial charge in [-0.05, 0) is 54.8 Å². The molecule has 1 N–H and O–H groups in total. The lowest BCUT2D eigenvalue weighted by Crippen LogP contribution is -2.22. The zero-order chi connectivity index (χ0) is 25.2. The number of hydrogen-bond donors (Lipinski definition) is 1. The molecule has 0 aliphatic heterocycles. The predicted molar refractivity (Wildman–Crippen MR) is 123 cm³/mol. The molecule has 3 aromatic heterocycles. The van der Waals surface area contributed by atoms with Gasteiger partial charge in [-0.3, -0.25) is 0 Å². The normalized spacial score (nSPS) is 12.7. The summed E-state index contributed by atoms with van der Waals surface area (Å²) in [6.07, 6.45) is -2.00. The van der Waals surface area contributed by atoms with E-state index in [9.17, 15) is 18.0 Å². The van der Waals surface area contributed by atoms with Crippen LogP contribution in [-0.4, -0.2) is 49.9 Å². The number of pyridine rings is 1. The van der Waals surface area contributed by atoms with Gasteiger partial charge in [0.25, 0.3) is 0 Å². The fourth-order valence-corrected chi connectivity index (χ4v) is 4.06. The first-order valence-corrected chi connectivity index (χ1v) is 11.2. The first kappa shape index (κ1) is 24.7. The topological polar surface area (TPSA) is 81.6 Å². The van der Waals surface area contributed by atoms with E-state index < -0.39 is 31.1 Å². The zero-order valence-corrected chi connectivity index (χ0v) is 19.4. The molecule has 4 aromatic rings. The quantitative estimate of drug-likeness (QED) is 0.336. The van der Waals surface area contributed by atoms with Crippen molar-refractivity contribution in [3.63, 3.8) is 0 Å². The second kappa shape index (κ2) is 10.1. The summed E-state index contributed by atoms with van der Waals surface area (Å²) in [5, 5.41) is 17.1. The Morgan fingerprint density at radius 2 is 1.94 bits per heavy atom. The van der Waals surface area contributed by atoms with Gasteiger partial charge in [-0.25, -0.2) is 9.48 Å². The van der Waals surface area contributed by atoms with Gasteiger partial charge in [-0.2, -0.15) is 13.2 Å². The van der Waals surface area contributed by atoms with E-state index in [1.165, 1.54) is 10.9 Å². The average Bonchev–Trinajstić information content (AvgIpc) is 3.42. The van der Waals surface area contributed by atoms with E-state index in [1.807, 2.05) is 10.5 Å². The Bertz CT molecular complexity index is 1330. The molecule has 0 fully saturated rings. The van der Waals surface area contributed by atoms with E-state index in [1.54, 1.807) is 49.5 Å². The largest absolute Gasteiger partial charge is 0.462 e. The second-order valence-electron chi connectivity index (χ2n) is 7.91. The maximum Gasteiger partial charge on any atom is 0.397 e. The number of aromatic nitrogens is 4. The molecular weight excluding hydrogens is 485 g/mol. The first-order chi connectivity index (χ1) is 16.7. The number of ether oxygens (including phenoxy) is 1. The number of aliphatic hydroxyl groups is 1. The van der Waals surface area contributed by atoms with Crippen molar-refractivity contribution in [2.75, 3.05) is 13.2 Å². The zero-order valence-electron chi connectivity index (χ0n) is 18.7. The van der Waals surface area contributed by atoms with Gasteiger partial charge in [0.15, 0.2) is 0 Å². The number of nitrogens with zero attached hydrogens (tertiary/aromatic N) is 4. The standard InChI is InChI=1S/C24H22ClF3N4O3/c1-2-35-23(34)19-12-18-11-15(7-9-32(18)22(19)16-3-5-17(25)6-4-16)13-31-14-21(29-30-31)20(8-10-33)24(26,27)28/h3-7,9,11-12,14,20,33H,2,8,10,13H2,1H3. The lowest BCUT2D eigenvalue weighted by molar-refractivity contribution is -0.154. The van der Waals surface area contributed by atoms with Gasteiger partial charge < -0.3 is 14.2 Å². The van der Waals surface area contributed by atoms with Crippen molar-refractivity contribution in [1.29, 1.82) is 0 Å². The molecular formula is C24H22ClF3N4O3. The predicted octanol–water partition coefficient (Wildman–Crippen LogP) is 5.10. The third kappa shape index (κ3) is 5.33. The van der Waals surface area contributed by atoms with Crippen molar-refractivity contribution in [1.82, 2.24) is 19.4 Å². The SMILES string of the molecule is CCOC(=O)c1cc2cc(Cn3cc(C(CCO)C(F)(F)F)nn3)ccn2c1-c1ccc(Cl)cc1. The molecule has 4 rings (SSSR count). The van der Waals surface area contributed by atoms with Crippen LogP contribution in [0, 0.1) is 0 Å². The van der Waals surface area contributed by atoms with Crippen LogP contribution < -0.4 is 0 Å². The smallest absolute Gasteiger partial charge is 0.397 e. The molecule has 0 amide bonds. The number of fused-ring (bicyclic) bond motifs is 1. The summed E-state index contributed by atoms with van der Waals surface area (Å²) in [4.78, 5) is 12.7. The fraction of sp³-hybridized carbons (Fsp3) is 0.292. The number of halogens is 4. The van der Waals surface area contributed by atoms with E-state index in [4.69, 9.17) is 21.4 Å². The summed E-state index contributed by atoms with van der Waals surface area (Å²) in [6.45, 7) is 1.51. The third-order valence-electron chi connectivity index (χ3n) is 5.52. The summed E-state index contributed by atoms with van der Waals surface area (Å²) in [5.41, 5.74) is 2.99. The van der Waals surface area contributed by atoms with Crippen molar-refractivity contribution < 1.29 is 27.8 Å². The minimum Gasteiger partial charge on any atom is -0.462 e. The summed E-state index contributed by atoms with van der Waals surface area (Å²) < 4.78 is 48.3. The molecule has 3 heterocycles. The van der Waals surface area contributed by atoms with Crippen LogP contribution >= 0.6 is 11.6 Å². The summed E-state index contributed by atoms with van der Waals surface area (Å²) in [6, 6.07) is 12.4. The number of benzene rings is 1. The van der Waals surface area contributed by atoms with Crippen molar-refractivity contribution >= 4 is 23.1 Å². The van der Waals surface area contributed by atoms with Gasteiger partial charge in [0.2, 0.25) is 0 Å². The molecule has 11 heteroatoms. The summed E-state index contributed by atoms with van der Waals surface area (Å²) in [5.74, 6) is -2.35. The molecule has 0 radical (unpaired) electrons. The fourth-order valence-electron chi connectivity index (χ4n) is 3.94. The molecule has 1 unspecified atom stereocenters. The number of carbonyl (C=O) groups excluding carboxylic acids is 1. The minimum absolute atomic E-state index is 0.170. The van der Waals surface area contributed by atoms with Crippen LogP contribution in [0.2, 0.25) is 5.02 Å². The van der Waals surface area contributed by atoms with Gasteiger partial charge in [0.05, 0.1) is 30.1 Å². The molecule has 7 nitrogen and oxygen atoms in total. The molecule has 0 saturated carbocycles. The van der Waals surface area contributed by atoms with Crippen LogP contribution in [0.3, 0.4) is 0 Å². The number of esters is 1. The first-order valence-electron chi connectivity index (χ1n) is 10.9. The van der Waals surface area contributed by atoms with E-state index >= 15 is 0 Å². The van der Waals surface area contributed by atoms with Crippen molar-refractivity contribution in [2.24, 2.45) is 0 Å². The van der Waals surface area contributed by atoms with Crippen molar-refractivity contribution in [3.8, 4) is 11.3 Å². The molecule has 0 spiro atoms. The molecule has 35 heavy (non-hydrogen) atoms. The van der Waals surface area contributed by atoms with E-state index in [-0.39, 0.29) is 18.8 Å². The van der Waals surface area contributed by atoms with Gasteiger partial charge in [-0.1, -0.05) is 28.9 Å². The molecule has 0 saturated heterocycles. The molecule has 1 aromatic carbocycles. The lowest BCUT2D eigenvalue weighted by Gasteiger charge is -2.16. The van der Waals surface area contributed by atoms with E-state index in [0.717, 1.165) is 11.1 Å². The Morgan fingerprint density at radius 1 is 1.20 bits per heavy atom. The average molecular weight is 507 g/mol. The molecule has 0 aliphatic rings. The number of carbonyl (C=O) groups is 1. The highest BCUT2D eigenvalue weighted by atomic mass is 35.5. The van der Waals surface area contributed by atoms with E-state index in [2.05, 4.69) is 10.3 Å². The van der Waals surface area contributed by atoms with Gasteiger partial charge in [-0.15, -0.1) is 5.10 Å². The molecule has 0 bridgehead atoms. The van der Waals surface area contributed by atoms with Crippen LogP contribution in [0.25, 0.3) is 16.8 Å². The van der Waals surface area contributed by atoms with Crippen molar-refractivity contribution in [3.05, 3.63) is 76.7 Å². The minimum atomic E-state index is -4.53. The lowest BCUT2D eigenvalue weighted by atomic mass is 10.0. The second-order valence-corrected chi connectivity index (χ2v) is 8.35. The number of hydrogen-bond acceptors (Lipinski definition) is 5. The van der Waals surface area contributed by atoms with E-state index in [0.29, 0.717) is 21.8 Å². The number of aliphatic hydroxyl groups excluding tert-OH is 1. The maximum absolute atomic E-state index is 13.3. The number of rotatable bonds is 8. The highest BCUT2D eigenvalue weighted by Crippen LogP contribution is 2.36. The van der Waals surface area contributed by atoms with Gasteiger partial charge in [0, 0.05) is 29.5 Å².